The molecule has 3 aromatic rings. The average molecular weight is 324 g/mol. The Morgan fingerprint density at radius 1 is 1.00 bits per heavy atom. The number of hydrogen-bond donors (Lipinski definition) is 2. The molecular formula is C19H20N2OS. The van der Waals surface area contributed by atoms with E-state index in [1.54, 1.807) is 6.07 Å². The molecule has 0 unspecified atom stereocenters. The van der Waals surface area contributed by atoms with Gasteiger partial charge < -0.3 is 10.4 Å². The van der Waals surface area contributed by atoms with Crippen molar-refractivity contribution >= 4 is 22.1 Å². The zero-order chi connectivity index (χ0) is 15.6. The minimum absolute atomic E-state index is 0.315. The maximum absolute atomic E-state index is 9.65. The van der Waals surface area contributed by atoms with Gasteiger partial charge in [0.25, 0.3) is 0 Å². The van der Waals surface area contributed by atoms with Gasteiger partial charge in [-0.2, -0.15) is 0 Å². The fourth-order valence-electron chi connectivity index (χ4n) is 3.36. The van der Waals surface area contributed by atoms with Gasteiger partial charge in [0.05, 0.1) is 6.04 Å². The van der Waals surface area contributed by atoms with Crippen molar-refractivity contribution in [2.24, 2.45) is 0 Å². The minimum Gasteiger partial charge on any atom is -0.508 e. The predicted octanol–water partition coefficient (Wildman–Crippen LogP) is 3.60. The molecular weight excluding hydrogens is 304 g/mol. The fraction of sp³-hybridized carbons (Fsp3) is 0.263. The Balaban J connectivity index is 1.77. The Labute approximate surface area is 140 Å². The van der Waals surface area contributed by atoms with Gasteiger partial charge in [0, 0.05) is 31.1 Å². The molecule has 118 valence electrons. The molecule has 2 aromatic carbocycles. The summed E-state index contributed by atoms with van der Waals surface area (Å²) in [6.45, 7) is 4.22. The highest BCUT2D eigenvalue weighted by Gasteiger charge is 2.24. The van der Waals surface area contributed by atoms with E-state index in [0.29, 0.717) is 11.8 Å². The molecule has 0 bridgehead atoms. The zero-order valence-corrected chi connectivity index (χ0v) is 13.7. The Morgan fingerprint density at radius 2 is 1.78 bits per heavy atom. The molecule has 0 spiro atoms. The normalized spacial score (nSPS) is 17.4. The van der Waals surface area contributed by atoms with E-state index in [4.69, 9.17) is 0 Å². The number of phenols is 1. The van der Waals surface area contributed by atoms with Crippen LogP contribution < -0.4 is 5.32 Å². The molecule has 1 aliphatic heterocycles. The molecule has 23 heavy (non-hydrogen) atoms. The number of aromatic hydroxyl groups is 1. The van der Waals surface area contributed by atoms with Crippen molar-refractivity contribution in [2.75, 3.05) is 26.2 Å². The van der Waals surface area contributed by atoms with Crippen LogP contribution in [0.25, 0.3) is 10.8 Å². The number of phenolic OH excluding ortho intramolecular Hbond substituents is 1. The third-order valence-corrected chi connectivity index (χ3v) is 5.42. The Bertz CT molecular complexity index is 794. The summed E-state index contributed by atoms with van der Waals surface area (Å²) in [6, 6.07) is 16.9. The predicted molar refractivity (Wildman–Crippen MR) is 96.2 cm³/mol. The van der Waals surface area contributed by atoms with Gasteiger partial charge in [0.1, 0.15) is 5.75 Å². The first-order valence-corrected chi connectivity index (χ1v) is 8.90. The minimum atomic E-state index is 0.315. The quantitative estimate of drug-likeness (QED) is 0.773. The first-order chi connectivity index (χ1) is 11.3. The van der Waals surface area contributed by atoms with Gasteiger partial charge in [-0.3, -0.25) is 4.90 Å². The summed E-state index contributed by atoms with van der Waals surface area (Å²) in [6.07, 6.45) is 0. The number of nitrogens with one attached hydrogen (secondary N) is 1. The van der Waals surface area contributed by atoms with Crippen molar-refractivity contribution in [1.29, 1.82) is 0 Å². The highest BCUT2D eigenvalue weighted by atomic mass is 32.1. The largest absolute Gasteiger partial charge is 0.508 e. The molecule has 2 N–H and O–H groups in total. The van der Waals surface area contributed by atoms with E-state index in [2.05, 4.69) is 45.9 Å². The van der Waals surface area contributed by atoms with Crippen LogP contribution in [0.15, 0.2) is 53.9 Å². The van der Waals surface area contributed by atoms with Gasteiger partial charge in [-0.05, 0) is 46.0 Å². The van der Waals surface area contributed by atoms with Gasteiger partial charge in [0.15, 0.2) is 0 Å². The zero-order valence-electron chi connectivity index (χ0n) is 12.9. The Kier molecular flexibility index (Phi) is 4.04. The molecule has 2 heterocycles. The van der Waals surface area contributed by atoms with Gasteiger partial charge in [-0.15, -0.1) is 11.3 Å². The van der Waals surface area contributed by atoms with Gasteiger partial charge in [-0.1, -0.05) is 24.3 Å². The van der Waals surface area contributed by atoms with E-state index in [1.165, 1.54) is 15.8 Å². The molecule has 0 saturated carbocycles. The Hall–Kier alpha value is -1.88. The maximum atomic E-state index is 9.65. The van der Waals surface area contributed by atoms with Crippen molar-refractivity contribution in [2.45, 2.75) is 6.04 Å². The summed E-state index contributed by atoms with van der Waals surface area (Å²) >= 11 is 1.83. The molecule has 0 radical (unpaired) electrons. The maximum Gasteiger partial charge on any atom is 0.116 e. The smallest absolute Gasteiger partial charge is 0.116 e. The van der Waals surface area contributed by atoms with E-state index >= 15 is 0 Å². The summed E-state index contributed by atoms with van der Waals surface area (Å²) in [7, 11) is 0. The molecule has 1 fully saturated rings. The lowest BCUT2D eigenvalue weighted by Gasteiger charge is -2.35. The van der Waals surface area contributed by atoms with Gasteiger partial charge >= 0.3 is 0 Å². The second-order valence-electron chi connectivity index (χ2n) is 5.99. The van der Waals surface area contributed by atoms with Crippen LogP contribution in [0.4, 0.5) is 0 Å². The van der Waals surface area contributed by atoms with Crippen molar-refractivity contribution in [3.63, 3.8) is 0 Å². The lowest BCUT2D eigenvalue weighted by atomic mass is 9.99. The average Bonchev–Trinajstić information content (AvgIpc) is 3.10. The van der Waals surface area contributed by atoms with Crippen LogP contribution in [-0.4, -0.2) is 36.2 Å². The summed E-state index contributed by atoms with van der Waals surface area (Å²) in [5.41, 5.74) is 1.33. The molecule has 1 aliphatic rings. The van der Waals surface area contributed by atoms with Crippen molar-refractivity contribution in [3.8, 4) is 5.75 Å². The second-order valence-corrected chi connectivity index (χ2v) is 6.97. The van der Waals surface area contributed by atoms with E-state index in [0.717, 1.165) is 31.6 Å². The first-order valence-electron chi connectivity index (χ1n) is 8.02. The standard InChI is InChI=1S/C19H20N2OS/c22-17-6-5-14-12-16(4-3-15(14)13-17)19(18-2-1-11-23-18)21-9-7-20-8-10-21/h1-6,11-13,19-20,22H,7-10H2/t19-/m0/s1. The molecule has 4 heteroatoms. The van der Waals surface area contributed by atoms with Crippen molar-refractivity contribution in [3.05, 3.63) is 64.4 Å². The van der Waals surface area contributed by atoms with Crippen LogP contribution in [0.3, 0.4) is 0 Å². The molecule has 3 nitrogen and oxygen atoms in total. The molecule has 1 atom stereocenters. The summed E-state index contributed by atoms with van der Waals surface area (Å²) in [5, 5.41) is 17.5. The first kappa shape index (κ1) is 14.7. The van der Waals surface area contributed by atoms with Crippen molar-refractivity contribution in [1.82, 2.24) is 10.2 Å². The second kappa shape index (κ2) is 6.32. The number of nitrogens with zero attached hydrogens (tertiary/aromatic N) is 1. The highest BCUT2D eigenvalue weighted by molar-refractivity contribution is 7.10. The van der Waals surface area contributed by atoms with Crippen molar-refractivity contribution < 1.29 is 5.11 Å². The summed E-state index contributed by atoms with van der Waals surface area (Å²) < 4.78 is 0. The number of rotatable bonds is 3. The van der Waals surface area contributed by atoms with E-state index in [-0.39, 0.29) is 0 Å². The fourth-order valence-corrected chi connectivity index (χ4v) is 4.25. The van der Waals surface area contributed by atoms with E-state index < -0.39 is 0 Å². The van der Waals surface area contributed by atoms with E-state index in [9.17, 15) is 5.11 Å². The van der Waals surface area contributed by atoms with E-state index in [1.807, 2.05) is 23.5 Å². The molecule has 0 amide bonds. The van der Waals surface area contributed by atoms with Crippen LogP contribution in [0.1, 0.15) is 16.5 Å². The third kappa shape index (κ3) is 2.98. The summed E-state index contributed by atoms with van der Waals surface area (Å²) in [4.78, 5) is 3.95. The molecule has 0 aliphatic carbocycles. The molecule has 1 saturated heterocycles. The topological polar surface area (TPSA) is 35.5 Å². The number of thiophene rings is 1. The van der Waals surface area contributed by atoms with Crippen LogP contribution in [0.2, 0.25) is 0 Å². The number of hydrogen-bond acceptors (Lipinski definition) is 4. The lowest BCUT2D eigenvalue weighted by molar-refractivity contribution is 0.201. The number of benzene rings is 2. The third-order valence-electron chi connectivity index (χ3n) is 4.49. The van der Waals surface area contributed by atoms with Crippen LogP contribution in [-0.2, 0) is 0 Å². The monoisotopic (exact) mass is 324 g/mol. The highest BCUT2D eigenvalue weighted by Crippen LogP contribution is 2.34. The number of fused-ring (bicyclic) bond motifs is 1. The summed E-state index contributed by atoms with van der Waals surface area (Å²) in [5.74, 6) is 0.321. The van der Waals surface area contributed by atoms with Gasteiger partial charge in [-0.25, -0.2) is 0 Å². The SMILES string of the molecule is Oc1ccc2cc([C@@H](c3cccs3)N3CCNCC3)ccc2c1. The number of piperazine rings is 1. The molecule has 1 aromatic heterocycles. The van der Waals surface area contributed by atoms with Gasteiger partial charge in [0.2, 0.25) is 0 Å². The Morgan fingerprint density at radius 3 is 2.57 bits per heavy atom. The molecule has 4 rings (SSSR count). The van der Waals surface area contributed by atoms with Crippen LogP contribution in [0, 0.1) is 0 Å². The van der Waals surface area contributed by atoms with Crippen LogP contribution >= 0.6 is 11.3 Å². The van der Waals surface area contributed by atoms with Crippen LogP contribution in [0.5, 0.6) is 5.75 Å². The lowest BCUT2D eigenvalue weighted by Crippen LogP contribution is -2.45.